The molecule has 134 valence electrons. The molecule has 6 nitrogen and oxygen atoms in total. The molecule has 4 amide bonds. The predicted molar refractivity (Wildman–Crippen MR) is 90.2 cm³/mol. The van der Waals surface area contributed by atoms with Crippen LogP contribution in [0.15, 0.2) is 0 Å². The zero-order valence-corrected chi connectivity index (χ0v) is 14.6. The lowest BCUT2D eigenvalue weighted by atomic mass is 9.82. The molecule has 3 fully saturated rings. The molecule has 2 saturated carbocycles. The molecule has 3 aliphatic rings. The molecule has 24 heavy (non-hydrogen) atoms. The normalized spacial score (nSPS) is 29.6. The van der Waals surface area contributed by atoms with E-state index >= 15 is 0 Å². The SMILES string of the molecule is C[C@@H]1CCCC[C@H]1NC(=O)CCN1C(=O)NC2(CCCCC2)C1=O. The van der Waals surface area contributed by atoms with Gasteiger partial charge in [-0.05, 0) is 31.6 Å². The highest BCUT2D eigenvalue weighted by Crippen LogP contribution is 2.33. The van der Waals surface area contributed by atoms with Gasteiger partial charge in [0.15, 0.2) is 0 Å². The zero-order valence-electron chi connectivity index (χ0n) is 14.6. The Bertz CT molecular complexity index is 514. The number of hydrogen-bond donors (Lipinski definition) is 2. The molecular weight excluding hydrogens is 306 g/mol. The van der Waals surface area contributed by atoms with E-state index in [0.717, 1.165) is 51.4 Å². The topological polar surface area (TPSA) is 78.5 Å². The van der Waals surface area contributed by atoms with E-state index < -0.39 is 5.54 Å². The van der Waals surface area contributed by atoms with E-state index in [2.05, 4.69) is 17.6 Å². The van der Waals surface area contributed by atoms with Crippen LogP contribution < -0.4 is 10.6 Å². The maximum Gasteiger partial charge on any atom is 0.325 e. The minimum atomic E-state index is -0.691. The van der Waals surface area contributed by atoms with Crippen LogP contribution in [0, 0.1) is 5.92 Å². The van der Waals surface area contributed by atoms with E-state index in [9.17, 15) is 14.4 Å². The van der Waals surface area contributed by atoms with E-state index in [1.807, 2.05) is 0 Å². The second-order valence-corrected chi connectivity index (χ2v) is 7.72. The van der Waals surface area contributed by atoms with Crippen LogP contribution in [-0.2, 0) is 9.59 Å². The van der Waals surface area contributed by atoms with Crippen LogP contribution in [0.3, 0.4) is 0 Å². The minimum absolute atomic E-state index is 0.0565. The predicted octanol–water partition coefficient (Wildman–Crippen LogP) is 2.33. The van der Waals surface area contributed by atoms with E-state index in [1.54, 1.807) is 0 Å². The van der Waals surface area contributed by atoms with Gasteiger partial charge in [-0.3, -0.25) is 14.5 Å². The van der Waals surface area contributed by atoms with Crippen LogP contribution in [0.4, 0.5) is 4.79 Å². The smallest absolute Gasteiger partial charge is 0.325 e. The van der Waals surface area contributed by atoms with Crippen molar-refractivity contribution in [3.63, 3.8) is 0 Å². The number of carbonyl (C=O) groups is 3. The van der Waals surface area contributed by atoms with Crippen LogP contribution in [0.5, 0.6) is 0 Å². The van der Waals surface area contributed by atoms with Gasteiger partial charge in [-0.25, -0.2) is 4.79 Å². The summed E-state index contributed by atoms with van der Waals surface area (Å²) >= 11 is 0. The van der Waals surface area contributed by atoms with Gasteiger partial charge in [0.2, 0.25) is 5.91 Å². The minimum Gasteiger partial charge on any atom is -0.353 e. The number of nitrogens with zero attached hydrogens (tertiary/aromatic N) is 1. The average Bonchev–Trinajstić information content (AvgIpc) is 2.79. The lowest BCUT2D eigenvalue weighted by Gasteiger charge is -2.30. The first-order valence-corrected chi connectivity index (χ1v) is 9.45. The fourth-order valence-electron chi connectivity index (χ4n) is 4.40. The summed E-state index contributed by atoms with van der Waals surface area (Å²) in [5.41, 5.74) is -0.691. The monoisotopic (exact) mass is 335 g/mol. The van der Waals surface area contributed by atoms with Crippen LogP contribution in [0.1, 0.15) is 71.1 Å². The van der Waals surface area contributed by atoms with Crippen molar-refractivity contribution in [2.24, 2.45) is 5.92 Å². The van der Waals surface area contributed by atoms with Gasteiger partial charge in [0.1, 0.15) is 5.54 Å². The summed E-state index contributed by atoms with van der Waals surface area (Å²) in [6.07, 6.45) is 9.27. The molecule has 2 atom stereocenters. The third kappa shape index (κ3) is 3.42. The fraction of sp³-hybridized carbons (Fsp3) is 0.833. The molecular formula is C18H29N3O3. The van der Waals surface area contributed by atoms with Crippen molar-refractivity contribution < 1.29 is 14.4 Å². The van der Waals surface area contributed by atoms with Crippen LogP contribution >= 0.6 is 0 Å². The van der Waals surface area contributed by atoms with E-state index in [4.69, 9.17) is 0 Å². The van der Waals surface area contributed by atoms with E-state index in [1.165, 1.54) is 11.3 Å². The van der Waals surface area contributed by atoms with Gasteiger partial charge in [0, 0.05) is 19.0 Å². The average molecular weight is 335 g/mol. The Balaban J connectivity index is 1.51. The highest BCUT2D eigenvalue weighted by Gasteiger charge is 2.51. The number of nitrogens with one attached hydrogen (secondary N) is 2. The van der Waals surface area contributed by atoms with Crippen molar-refractivity contribution in [3.05, 3.63) is 0 Å². The first kappa shape index (κ1) is 17.2. The Morgan fingerprint density at radius 3 is 2.58 bits per heavy atom. The van der Waals surface area contributed by atoms with Gasteiger partial charge in [0.05, 0.1) is 0 Å². The zero-order chi connectivity index (χ0) is 17.2. The lowest BCUT2D eigenvalue weighted by Crippen LogP contribution is -2.48. The maximum absolute atomic E-state index is 12.7. The summed E-state index contributed by atoms with van der Waals surface area (Å²) in [6.45, 7) is 2.35. The van der Waals surface area contributed by atoms with E-state index in [0.29, 0.717) is 5.92 Å². The second kappa shape index (κ2) is 7.11. The first-order valence-electron chi connectivity index (χ1n) is 9.45. The molecule has 1 heterocycles. The fourth-order valence-corrected chi connectivity index (χ4v) is 4.40. The van der Waals surface area contributed by atoms with Crippen molar-refractivity contribution in [2.75, 3.05) is 6.54 Å². The van der Waals surface area contributed by atoms with Gasteiger partial charge in [0.25, 0.3) is 5.91 Å². The number of carbonyl (C=O) groups excluding carboxylic acids is 3. The van der Waals surface area contributed by atoms with Crippen molar-refractivity contribution >= 4 is 17.8 Å². The number of amides is 4. The maximum atomic E-state index is 12.7. The van der Waals surface area contributed by atoms with Gasteiger partial charge >= 0.3 is 6.03 Å². The highest BCUT2D eigenvalue weighted by molar-refractivity contribution is 6.07. The molecule has 0 unspecified atom stereocenters. The quantitative estimate of drug-likeness (QED) is 0.774. The number of urea groups is 1. The molecule has 1 saturated heterocycles. The first-order chi connectivity index (χ1) is 11.5. The molecule has 2 aliphatic carbocycles. The van der Waals surface area contributed by atoms with Crippen molar-refractivity contribution in [1.82, 2.24) is 15.5 Å². The number of imide groups is 1. The Labute approximate surface area is 143 Å². The summed E-state index contributed by atoms with van der Waals surface area (Å²) in [6, 6.07) is -0.0974. The molecule has 1 spiro atoms. The molecule has 0 aromatic heterocycles. The van der Waals surface area contributed by atoms with E-state index in [-0.39, 0.29) is 36.9 Å². The third-order valence-electron chi connectivity index (χ3n) is 5.97. The summed E-state index contributed by atoms with van der Waals surface area (Å²) in [5, 5.41) is 5.97. The summed E-state index contributed by atoms with van der Waals surface area (Å²) < 4.78 is 0. The Hall–Kier alpha value is -1.59. The van der Waals surface area contributed by atoms with Gasteiger partial charge < -0.3 is 10.6 Å². The summed E-state index contributed by atoms with van der Waals surface area (Å²) in [5.74, 6) is 0.315. The van der Waals surface area contributed by atoms with Crippen molar-refractivity contribution in [3.8, 4) is 0 Å². The second-order valence-electron chi connectivity index (χ2n) is 7.72. The number of rotatable bonds is 4. The molecule has 0 radical (unpaired) electrons. The Kier molecular flexibility index (Phi) is 5.11. The standard InChI is InChI=1S/C18H29N3O3/c1-13-7-3-4-8-14(13)19-15(22)9-12-21-16(23)18(20-17(21)24)10-5-2-6-11-18/h13-14H,2-12H2,1H3,(H,19,22)(H,20,24)/t13-,14-/m1/s1. The van der Waals surface area contributed by atoms with Crippen LogP contribution in [0.2, 0.25) is 0 Å². The molecule has 0 aromatic rings. The molecule has 0 aromatic carbocycles. The molecule has 0 bridgehead atoms. The Morgan fingerprint density at radius 1 is 1.17 bits per heavy atom. The molecule has 2 N–H and O–H groups in total. The molecule has 6 heteroatoms. The highest BCUT2D eigenvalue weighted by atomic mass is 16.2. The van der Waals surface area contributed by atoms with Crippen molar-refractivity contribution in [1.29, 1.82) is 0 Å². The molecule has 3 rings (SSSR count). The van der Waals surface area contributed by atoms with Crippen LogP contribution in [0.25, 0.3) is 0 Å². The van der Waals surface area contributed by atoms with Gasteiger partial charge in [-0.1, -0.05) is 39.0 Å². The molecule has 1 aliphatic heterocycles. The Morgan fingerprint density at radius 2 is 1.88 bits per heavy atom. The van der Waals surface area contributed by atoms with Crippen LogP contribution in [-0.4, -0.2) is 40.9 Å². The summed E-state index contributed by atoms with van der Waals surface area (Å²) in [4.78, 5) is 38.3. The lowest BCUT2D eigenvalue weighted by molar-refractivity contribution is -0.132. The van der Waals surface area contributed by atoms with Gasteiger partial charge in [-0.2, -0.15) is 0 Å². The largest absolute Gasteiger partial charge is 0.353 e. The number of hydrogen-bond acceptors (Lipinski definition) is 3. The third-order valence-corrected chi connectivity index (χ3v) is 5.97. The van der Waals surface area contributed by atoms with Crippen molar-refractivity contribution in [2.45, 2.75) is 82.7 Å². The van der Waals surface area contributed by atoms with Gasteiger partial charge in [-0.15, -0.1) is 0 Å². The summed E-state index contributed by atoms with van der Waals surface area (Å²) in [7, 11) is 0.